The zero-order valence-corrected chi connectivity index (χ0v) is 56.7. The molecule has 0 aliphatic carbocycles. The molecule has 19 heteroatoms. The van der Waals surface area contributed by atoms with Gasteiger partial charge in [-0.1, -0.05) is 106 Å². The SMILES string of the molecule is C[Si](CC[Si](C)(O)O[Si](C)(C)CCCc1cc(C(C)(C)CC(C)(C)C)cc(-n2nc3ccccc3n2)c1O)O[Si](C)(C)O[Si](C)(C)O[Si](C)(C)CCCc1cc(C(C)(C)CC(C)(C)C)cc(-n2nc3ccccc3n2)c1O. The van der Waals surface area contributed by atoms with Gasteiger partial charge >= 0.3 is 25.7 Å². The fourth-order valence-corrected chi connectivity index (χ4v) is 38.2. The van der Waals surface area contributed by atoms with Crippen molar-refractivity contribution in [3.63, 3.8) is 0 Å². The molecule has 1 radical (unpaired) electrons. The zero-order valence-electron chi connectivity index (χ0n) is 50.7. The van der Waals surface area contributed by atoms with Crippen molar-refractivity contribution in [3.05, 3.63) is 95.1 Å². The molecule has 6 aromatic rings. The Labute approximate surface area is 469 Å². The van der Waals surface area contributed by atoms with E-state index in [9.17, 15) is 15.0 Å². The van der Waals surface area contributed by atoms with Crippen molar-refractivity contribution in [1.82, 2.24) is 30.0 Å². The van der Waals surface area contributed by atoms with Gasteiger partial charge < -0.3 is 31.5 Å². The predicted octanol–water partition coefficient (Wildman–Crippen LogP) is 15.1. The summed E-state index contributed by atoms with van der Waals surface area (Å²) in [7, 11) is -14.1. The molecule has 2 heterocycles. The summed E-state index contributed by atoms with van der Waals surface area (Å²) in [5, 5.41) is 42.7. The van der Waals surface area contributed by atoms with Crippen LogP contribution in [0.15, 0.2) is 72.8 Å². The smallest absolute Gasteiger partial charge is 0.321 e. The highest BCUT2D eigenvalue weighted by atomic mass is 28.5. The number of rotatable bonds is 25. The maximum absolute atomic E-state index is 11.9. The first-order chi connectivity index (χ1) is 35.2. The van der Waals surface area contributed by atoms with E-state index in [4.69, 9.17) is 36.9 Å². The lowest BCUT2D eigenvalue weighted by atomic mass is 9.72. The summed E-state index contributed by atoms with van der Waals surface area (Å²) in [6, 6.07) is 27.2. The van der Waals surface area contributed by atoms with Crippen molar-refractivity contribution in [2.75, 3.05) is 0 Å². The third kappa shape index (κ3) is 17.9. The fourth-order valence-electron chi connectivity index (χ4n) is 11.9. The number of hydrogen-bond donors (Lipinski definition) is 3. The molecular formula is C58H95N6O7Si6. The Bertz CT molecular complexity index is 2910. The standard InChI is InChI=1S/C58H95N6O7Si6/c1-55(2,3)41-57(7,8)45-37-43(53(65)51(39-45)63-59-47-29-21-22-30-48(47)60-63)27-25-34-73(12,13)69-76(18,19)71-75(16,17)68-72(11)33-36-77(20,67)70-74(14,15)35-26-28-44-38-46(58(9,10)42-56(4,5)6)40-52(54(44)66)64-61-49-31-23-24-32-50(49)62-64/h21-24,29-32,37-40,65-67H,25-28,33-36,41-42H2,1-20H3. The predicted molar refractivity (Wildman–Crippen MR) is 331 cm³/mol. The van der Waals surface area contributed by atoms with Crippen molar-refractivity contribution in [2.45, 2.75) is 208 Å². The Balaban J connectivity index is 1.03. The molecule has 0 fully saturated rings. The molecule has 423 valence electrons. The zero-order chi connectivity index (χ0) is 57.4. The van der Waals surface area contributed by atoms with Crippen molar-refractivity contribution >= 4 is 73.4 Å². The molecule has 0 spiro atoms. The van der Waals surface area contributed by atoms with Crippen LogP contribution in [0, 0.1) is 10.8 Å². The van der Waals surface area contributed by atoms with Gasteiger partial charge in [0.05, 0.1) is 0 Å². The number of fused-ring (bicyclic) bond motifs is 2. The Morgan fingerprint density at radius 2 is 0.870 bits per heavy atom. The van der Waals surface area contributed by atoms with Crippen molar-refractivity contribution in [3.8, 4) is 22.9 Å². The maximum Gasteiger partial charge on any atom is 0.321 e. The summed E-state index contributed by atoms with van der Waals surface area (Å²) >= 11 is 0. The topological polar surface area (TPSA) is 159 Å². The van der Waals surface area contributed by atoms with Crippen LogP contribution in [-0.4, -0.2) is 96.4 Å². The van der Waals surface area contributed by atoms with E-state index < -0.39 is 51.4 Å². The molecule has 3 N–H and O–H groups in total. The lowest BCUT2D eigenvalue weighted by Crippen LogP contribution is -2.54. The van der Waals surface area contributed by atoms with Gasteiger partial charge in [0.2, 0.25) is 0 Å². The van der Waals surface area contributed by atoms with Crippen LogP contribution in [0.2, 0.25) is 89.6 Å². The molecule has 6 rings (SSSR count). The highest BCUT2D eigenvalue weighted by molar-refractivity contribution is 6.88. The number of aromatic hydroxyl groups is 2. The fraction of sp³-hybridized carbons (Fsp3) is 0.586. The molecule has 0 aliphatic rings. The first kappa shape index (κ1) is 62.6. The van der Waals surface area contributed by atoms with Crippen LogP contribution in [0.4, 0.5) is 0 Å². The molecule has 0 amide bonds. The second kappa shape index (κ2) is 23.5. The van der Waals surface area contributed by atoms with E-state index in [2.05, 4.69) is 152 Å². The minimum atomic E-state index is -3.03. The average molecular weight is 1160 g/mol. The van der Waals surface area contributed by atoms with Gasteiger partial charge in [-0.25, -0.2) is 0 Å². The van der Waals surface area contributed by atoms with Crippen LogP contribution in [0.25, 0.3) is 33.4 Å². The van der Waals surface area contributed by atoms with Crippen LogP contribution in [0.3, 0.4) is 0 Å². The lowest BCUT2D eigenvalue weighted by molar-refractivity contribution is 0.283. The van der Waals surface area contributed by atoms with Crippen molar-refractivity contribution < 1.29 is 31.5 Å². The first-order valence-corrected chi connectivity index (χ1v) is 44.5. The van der Waals surface area contributed by atoms with Crippen molar-refractivity contribution in [1.29, 1.82) is 0 Å². The van der Waals surface area contributed by atoms with Gasteiger partial charge in [-0.15, -0.1) is 30.0 Å². The summed E-state index contributed by atoms with van der Waals surface area (Å²) in [5.41, 5.74) is 8.34. The minimum absolute atomic E-state index is 0.107. The Morgan fingerprint density at radius 3 is 1.23 bits per heavy atom. The van der Waals surface area contributed by atoms with Crippen LogP contribution >= 0.6 is 0 Å². The number of phenols is 2. The summed E-state index contributed by atoms with van der Waals surface area (Å²) in [4.78, 5) is 15.0. The van der Waals surface area contributed by atoms with Crippen LogP contribution < -0.4 is 0 Å². The van der Waals surface area contributed by atoms with Gasteiger partial charge in [-0.2, -0.15) is 0 Å². The maximum atomic E-state index is 11.9. The van der Waals surface area contributed by atoms with Gasteiger partial charge in [0.25, 0.3) is 0 Å². The van der Waals surface area contributed by atoms with Crippen LogP contribution in [-0.2, 0) is 40.1 Å². The van der Waals surface area contributed by atoms with E-state index >= 15 is 0 Å². The van der Waals surface area contributed by atoms with Crippen molar-refractivity contribution in [2.24, 2.45) is 10.8 Å². The molecule has 0 saturated heterocycles. The minimum Gasteiger partial charge on any atom is -0.505 e. The second-order valence-electron chi connectivity index (χ2n) is 28.0. The van der Waals surface area contributed by atoms with E-state index in [1.165, 1.54) is 0 Å². The summed E-state index contributed by atoms with van der Waals surface area (Å²) < 4.78 is 27.6. The second-order valence-corrected chi connectivity index (χ2v) is 49.7. The molecule has 77 heavy (non-hydrogen) atoms. The van der Waals surface area contributed by atoms with Gasteiger partial charge in [-0.05, 0) is 208 Å². The van der Waals surface area contributed by atoms with Gasteiger partial charge in [0.15, 0.2) is 25.7 Å². The lowest BCUT2D eigenvalue weighted by Gasteiger charge is -2.39. The number of benzene rings is 4. The number of aromatic nitrogens is 6. The van der Waals surface area contributed by atoms with E-state index in [-0.39, 0.29) is 33.2 Å². The third-order valence-electron chi connectivity index (χ3n) is 14.2. The number of aryl methyl sites for hydroxylation is 2. The Hall–Kier alpha value is -3.62. The molecular weight excluding hydrogens is 1060 g/mol. The van der Waals surface area contributed by atoms with E-state index in [1.54, 1.807) is 9.59 Å². The molecule has 1 atom stereocenters. The van der Waals surface area contributed by atoms with Crippen LogP contribution in [0.5, 0.6) is 11.5 Å². The van der Waals surface area contributed by atoms with Gasteiger partial charge in [-0.3, -0.25) is 0 Å². The van der Waals surface area contributed by atoms with E-state index in [0.717, 1.165) is 88.1 Å². The molecule has 0 aliphatic heterocycles. The normalized spacial score (nSPS) is 14.6. The Morgan fingerprint density at radius 1 is 0.506 bits per heavy atom. The van der Waals surface area contributed by atoms with Crippen LogP contribution in [0.1, 0.15) is 117 Å². The quantitative estimate of drug-likeness (QED) is 0.0468. The number of hydrogen-bond acceptors (Lipinski definition) is 11. The summed E-state index contributed by atoms with van der Waals surface area (Å²) in [5.74, 6) is 0.430. The molecule has 13 nitrogen and oxygen atoms in total. The molecule has 4 aromatic carbocycles. The first-order valence-electron chi connectivity index (χ1n) is 27.9. The molecule has 1 unspecified atom stereocenters. The van der Waals surface area contributed by atoms with Gasteiger partial charge in [0, 0.05) is 0 Å². The molecule has 0 bridgehead atoms. The van der Waals surface area contributed by atoms with E-state index in [0.29, 0.717) is 30.3 Å². The summed E-state index contributed by atoms with van der Waals surface area (Å²) in [6.45, 7) is 44.3. The highest BCUT2D eigenvalue weighted by Crippen LogP contribution is 2.43. The monoisotopic (exact) mass is 1160 g/mol. The van der Waals surface area contributed by atoms with Gasteiger partial charge in [0.1, 0.15) is 44.9 Å². The average Bonchev–Trinajstić information content (AvgIpc) is 3.88. The highest BCUT2D eigenvalue weighted by Gasteiger charge is 2.43. The molecule has 0 saturated carbocycles. The molecule has 2 aromatic heterocycles. The largest absolute Gasteiger partial charge is 0.505 e. The third-order valence-corrected chi connectivity index (χ3v) is 35.4. The number of phenolic OH excluding ortho intramolecular Hbond substituents is 2. The Kier molecular flexibility index (Phi) is 19.1. The summed E-state index contributed by atoms with van der Waals surface area (Å²) in [6.07, 6.45) is 4.98. The van der Waals surface area contributed by atoms with E-state index in [1.807, 2.05) is 55.1 Å². The number of nitrogens with zero attached hydrogens (tertiary/aromatic N) is 6.